The van der Waals surface area contributed by atoms with Crippen molar-refractivity contribution in [2.24, 2.45) is 0 Å². The van der Waals surface area contributed by atoms with Gasteiger partial charge < -0.3 is 4.74 Å². The van der Waals surface area contributed by atoms with Crippen molar-refractivity contribution in [1.29, 1.82) is 0 Å². The van der Waals surface area contributed by atoms with Gasteiger partial charge in [-0.1, -0.05) is 20.8 Å². The normalized spacial score (nSPS) is 16.5. The van der Waals surface area contributed by atoms with Crippen LogP contribution in [0.1, 0.15) is 39.3 Å². The van der Waals surface area contributed by atoms with Crippen LogP contribution >= 0.6 is 22.6 Å². The van der Waals surface area contributed by atoms with E-state index in [0.29, 0.717) is 6.10 Å². The van der Waals surface area contributed by atoms with Crippen LogP contribution in [0.4, 0.5) is 0 Å². The second kappa shape index (κ2) is 3.92. The first-order chi connectivity index (χ1) is 6.97. The highest BCUT2D eigenvalue weighted by molar-refractivity contribution is 14.1. The molecule has 1 aromatic heterocycles. The number of hydrogen-bond acceptors (Lipinski definition) is 2. The van der Waals surface area contributed by atoms with Crippen molar-refractivity contribution >= 4 is 22.6 Å². The van der Waals surface area contributed by atoms with Gasteiger partial charge >= 0.3 is 0 Å². The molecule has 0 bridgehead atoms. The van der Waals surface area contributed by atoms with E-state index in [9.17, 15) is 0 Å². The molecule has 0 amide bonds. The van der Waals surface area contributed by atoms with E-state index in [0.717, 1.165) is 15.1 Å². The van der Waals surface area contributed by atoms with E-state index in [-0.39, 0.29) is 5.41 Å². The Morgan fingerprint density at radius 2 is 2.00 bits per heavy atom. The monoisotopic (exact) mass is 317 g/mol. The highest BCUT2D eigenvalue weighted by Crippen LogP contribution is 2.31. The van der Waals surface area contributed by atoms with Crippen LogP contribution in [-0.4, -0.2) is 11.1 Å². The minimum absolute atomic E-state index is 0.109. The zero-order valence-corrected chi connectivity index (χ0v) is 11.5. The van der Waals surface area contributed by atoms with Crippen LogP contribution in [0.15, 0.2) is 12.1 Å². The van der Waals surface area contributed by atoms with Gasteiger partial charge in [-0.15, -0.1) is 0 Å². The zero-order valence-electron chi connectivity index (χ0n) is 9.38. The molecule has 1 saturated carbocycles. The summed E-state index contributed by atoms with van der Waals surface area (Å²) in [6.07, 6.45) is 2.83. The third-order valence-corrected chi connectivity index (χ3v) is 3.17. The smallest absolute Gasteiger partial charge is 0.151 e. The lowest BCUT2D eigenvalue weighted by Gasteiger charge is -2.18. The third-order valence-electron chi connectivity index (χ3n) is 2.40. The van der Waals surface area contributed by atoms with Crippen LogP contribution in [0, 0.1) is 3.70 Å². The molecule has 0 aliphatic heterocycles. The van der Waals surface area contributed by atoms with Gasteiger partial charge in [-0.3, -0.25) is 0 Å². The van der Waals surface area contributed by atoms with Crippen LogP contribution in [0.5, 0.6) is 5.75 Å². The molecule has 0 saturated heterocycles. The summed E-state index contributed by atoms with van der Waals surface area (Å²) in [5, 5.41) is 0. The zero-order chi connectivity index (χ0) is 11.1. The summed E-state index contributed by atoms with van der Waals surface area (Å²) in [5.41, 5.74) is 1.23. The van der Waals surface area contributed by atoms with Gasteiger partial charge in [-0.05, 0) is 47.6 Å². The van der Waals surface area contributed by atoms with Crippen LogP contribution < -0.4 is 4.74 Å². The second-order valence-corrected chi connectivity index (χ2v) is 6.07. The number of ether oxygens (including phenoxy) is 1. The van der Waals surface area contributed by atoms with Gasteiger partial charge in [0.1, 0.15) is 3.70 Å². The molecule has 82 valence electrons. The van der Waals surface area contributed by atoms with E-state index in [1.807, 2.05) is 6.07 Å². The minimum atomic E-state index is 0.109. The Balaban J connectivity index is 2.21. The van der Waals surface area contributed by atoms with Gasteiger partial charge in [0.25, 0.3) is 0 Å². The fourth-order valence-corrected chi connectivity index (χ4v) is 1.86. The first-order valence-electron chi connectivity index (χ1n) is 5.30. The molecule has 0 unspecified atom stereocenters. The highest BCUT2D eigenvalue weighted by atomic mass is 127. The first-order valence-corrected chi connectivity index (χ1v) is 6.38. The molecule has 1 aliphatic rings. The fraction of sp³-hybridized carbons (Fsp3) is 0.583. The summed E-state index contributed by atoms with van der Waals surface area (Å²) < 4.78 is 6.73. The Hall–Kier alpha value is -0.320. The predicted octanol–water partition coefficient (Wildman–Crippen LogP) is 3.52. The van der Waals surface area contributed by atoms with Crippen LogP contribution in [0.3, 0.4) is 0 Å². The van der Waals surface area contributed by atoms with Gasteiger partial charge in [0.05, 0.1) is 6.10 Å². The standard InChI is InChI=1S/C12H16INO/c1-12(2,3)10-7-6-9(11(13)14-10)15-8-4-5-8/h6-8H,4-5H2,1-3H3. The molecular weight excluding hydrogens is 301 g/mol. The molecule has 1 fully saturated rings. The second-order valence-electron chi connectivity index (χ2n) is 5.05. The van der Waals surface area contributed by atoms with Crippen molar-refractivity contribution in [3.05, 3.63) is 21.5 Å². The molecule has 2 nitrogen and oxygen atoms in total. The van der Waals surface area contributed by atoms with Crippen molar-refractivity contribution in [2.45, 2.75) is 45.1 Å². The van der Waals surface area contributed by atoms with Crippen LogP contribution in [0.25, 0.3) is 0 Å². The Kier molecular flexibility index (Phi) is 2.92. The average Bonchev–Trinajstić information content (AvgIpc) is 2.90. The lowest BCUT2D eigenvalue weighted by Crippen LogP contribution is -2.14. The molecule has 0 atom stereocenters. The predicted molar refractivity (Wildman–Crippen MR) is 69.3 cm³/mol. The number of rotatable bonds is 2. The molecule has 0 spiro atoms. The Bertz CT molecular complexity index is 366. The number of pyridine rings is 1. The van der Waals surface area contributed by atoms with E-state index in [2.05, 4.69) is 54.4 Å². The molecule has 1 aliphatic carbocycles. The van der Waals surface area contributed by atoms with Gasteiger partial charge in [0, 0.05) is 11.1 Å². The fourth-order valence-electron chi connectivity index (χ4n) is 1.29. The van der Waals surface area contributed by atoms with Gasteiger partial charge in [0.15, 0.2) is 5.75 Å². The van der Waals surface area contributed by atoms with Crippen molar-refractivity contribution < 1.29 is 4.74 Å². The summed E-state index contributed by atoms with van der Waals surface area (Å²) in [4.78, 5) is 4.59. The highest BCUT2D eigenvalue weighted by Gasteiger charge is 2.25. The molecule has 15 heavy (non-hydrogen) atoms. The number of aromatic nitrogens is 1. The average molecular weight is 317 g/mol. The Morgan fingerprint density at radius 1 is 1.33 bits per heavy atom. The summed E-state index contributed by atoms with van der Waals surface area (Å²) in [7, 11) is 0. The molecule has 1 aromatic rings. The minimum Gasteiger partial charge on any atom is -0.488 e. The molecule has 3 heteroatoms. The lowest BCUT2D eigenvalue weighted by molar-refractivity contribution is 0.299. The summed E-state index contributed by atoms with van der Waals surface area (Å²) in [5.74, 6) is 0.936. The van der Waals surface area contributed by atoms with E-state index in [1.54, 1.807) is 0 Å². The van der Waals surface area contributed by atoms with Crippen molar-refractivity contribution in [3.8, 4) is 5.75 Å². The van der Waals surface area contributed by atoms with E-state index in [4.69, 9.17) is 4.74 Å². The largest absolute Gasteiger partial charge is 0.488 e. The molecular formula is C12H16INO. The van der Waals surface area contributed by atoms with Crippen molar-refractivity contribution in [1.82, 2.24) is 4.98 Å². The SMILES string of the molecule is CC(C)(C)c1ccc(OC2CC2)c(I)n1. The summed E-state index contributed by atoms with van der Waals surface area (Å²) in [6, 6.07) is 4.12. The van der Waals surface area contributed by atoms with Gasteiger partial charge in [-0.2, -0.15) is 0 Å². The third kappa shape index (κ3) is 2.83. The molecule has 2 rings (SSSR count). The Labute approximate surface area is 105 Å². The van der Waals surface area contributed by atoms with E-state index in [1.165, 1.54) is 12.8 Å². The number of nitrogens with zero attached hydrogens (tertiary/aromatic N) is 1. The lowest BCUT2D eigenvalue weighted by atomic mass is 9.92. The molecule has 0 aromatic carbocycles. The Morgan fingerprint density at radius 3 is 2.47 bits per heavy atom. The van der Waals surface area contributed by atoms with Crippen LogP contribution in [-0.2, 0) is 5.41 Å². The maximum absolute atomic E-state index is 5.75. The van der Waals surface area contributed by atoms with E-state index >= 15 is 0 Å². The number of halogens is 1. The number of hydrogen-bond donors (Lipinski definition) is 0. The van der Waals surface area contributed by atoms with Gasteiger partial charge in [-0.25, -0.2) is 4.98 Å². The molecule has 0 radical (unpaired) electrons. The molecule has 1 heterocycles. The van der Waals surface area contributed by atoms with Crippen molar-refractivity contribution in [2.75, 3.05) is 0 Å². The maximum Gasteiger partial charge on any atom is 0.151 e. The van der Waals surface area contributed by atoms with E-state index < -0.39 is 0 Å². The molecule has 0 N–H and O–H groups in total. The quantitative estimate of drug-likeness (QED) is 0.615. The summed E-state index contributed by atoms with van der Waals surface area (Å²) in [6.45, 7) is 6.52. The van der Waals surface area contributed by atoms with Gasteiger partial charge in [0.2, 0.25) is 0 Å². The topological polar surface area (TPSA) is 22.1 Å². The summed E-state index contributed by atoms with van der Waals surface area (Å²) >= 11 is 2.25. The van der Waals surface area contributed by atoms with Crippen molar-refractivity contribution in [3.63, 3.8) is 0 Å². The van der Waals surface area contributed by atoms with Crippen LogP contribution in [0.2, 0.25) is 0 Å². The first kappa shape index (κ1) is 11.2. The maximum atomic E-state index is 5.75.